The standard InChI is InChI=1S/C12H13F2N3/c1-17-7-9(6-16-17)12(15)4-8-2-3-10(13)5-11(8)14/h2-3,5-7,12H,4,15H2,1H3. The van der Waals surface area contributed by atoms with Crippen molar-refractivity contribution >= 4 is 0 Å². The second-order valence-corrected chi connectivity index (χ2v) is 3.99. The summed E-state index contributed by atoms with van der Waals surface area (Å²) < 4.78 is 27.8. The molecule has 0 bridgehead atoms. The molecule has 3 nitrogen and oxygen atoms in total. The van der Waals surface area contributed by atoms with E-state index >= 15 is 0 Å². The van der Waals surface area contributed by atoms with Crippen LogP contribution in [0.15, 0.2) is 30.6 Å². The van der Waals surface area contributed by atoms with E-state index in [1.165, 1.54) is 12.1 Å². The molecule has 17 heavy (non-hydrogen) atoms. The molecule has 0 aliphatic carbocycles. The van der Waals surface area contributed by atoms with Gasteiger partial charge in [-0.2, -0.15) is 5.10 Å². The number of aryl methyl sites for hydroxylation is 1. The summed E-state index contributed by atoms with van der Waals surface area (Å²) in [6.07, 6.45) is 3.75. The molecule has 5 heteroatoms. The second-order valence-electron chi connectivity index (χ2n) is 3.99. The van der Waals surface area contributed by atoms with Gasteiger partial charge in [-0.15, -0.1) is 0 Å². The molecule has 1 aromatic carbocycles. The number of aromatic nitrogens is 2. The summed E-state index contributed by atoms with van der Waals surface area (Å²) in [5, 5.41) is 4.00. The lowest BCUT2D eigenvalue weighted by atomic mass is 10.0. The van der Waals surface area contributed by atoms with Crippen molar-refractivity contribution in [3.8, 4) is 0 Å². The van der Waals surface area contributed by atoms with Crippen LogP contribution in [0.3, 0.4) is 0 Å². The summed E-state index contributed by atoms with van der Waals surface area (Å²) in [6, 6.07) is 3.17. The van der Waals surface area contributed by atoms with Crippen LogP contribution in [0.2, 0.25) is 0 Å². The van der Waals surface area contributed by atoms with Crippen LogP contribution < -0.4 is 5.73 Å². The minimum absolute atomic E-state index is 0.317. The molecule has 2 rings (SSSR count). The van der Waals surface area contributed by atoms with Gasteiger partial charge in [0.2, 0.25) is 0 Å². The number of hydrogen-bond acceptors (Lipinski definition) is 2. The summed E-state index contributed by atoms with van der Waals surface area (Å²) >= 11 is 0. The maximum atomic E-state index is 13.4. The SMILES string of the molecule is Cn1cc(C(N)Cc2ccc(F)cc2F)cn1. The lowest BCUT2D eigenvalue weighted by molar-refractivity contribution is 0.563. The van der Waals surface area contributed by atoms with Crippen molar-refractivity contribution in [2.45, 2.75) is 12.5 Å². The van der Waals surface area contributed by atoms with Gasteiger partial charge in [0.25, 0.3) is 0 Å². The van der Waals surface area contributed by atoms with Gasteiger partial charge in [0.15, 0.2) is 0 Å². The Hall–Kier alpha value is -1.75. The van der Waals surface area contributed by atoms with Crippen LogP contribution in [0.5, 0.6) is 0 Å². The zero-order valence-corrected chi connectivity index (χ0v) is 9.40. The zero-order chi connectivity index (χ0) is 12.4. The molecule has 1 heterocycles. The zero-order valence-electron chi connectivity index (χ0n) is 9.40. The molecule has 0 spiro atoms. The number of halogens is 2. The van der Waals surface area contributed by atoms with Crippen LogP contribution in [-0.2, 0) is 13.5 Å². The Morgan fingerprint density at radius 3 is 2.76 bits per heavy atom. The Labute approximate surface area is 97.9 Å². The second kappa shape index (κ2) is 4.63. The first kappa shape index (κ1) is 11.7. The molecule has 0 aliphatic heterocycles. The summed E-state index contributed by atoms with van der Waals surface area (Å²) in [5.74, 6) is -1.15. The van der Waals surface area contributed by atoms with E-state index in [9.17, 15) is 8.78 Å². The van der Waals surface area contributed by atoms with E-state index in [-0.39, 0.29) is 6.04 Å². The van der Waals surface area contributed by atoms with Gasteiger partial charge >= 0.3 is 0 Å². The highest BCUT2D eigenvalue weighted by Crippen LogP contribution is 2.18. The van der Waals surface area contributed by atoms with Crippen molar-refractivity contribution in [3.05, 3.63) is 53.4 Å². The molecule has 2 aromatic rings. The number of benzene rings is 1. The monoisotopic (exact) mass is 237 g/mol. The Morgan fingerprint density at radius 1 is 1.41 bits per heavy atom. The van der Waals surface area contributed by atoms with Crippen molar-refractivity contribution < 1.29 is 8.78 Å². The normalized spacial score (nSPS) is 12.7. The minimum Gasteiger partial charge on any atom is -0.324 e. The molecule has 0 amide bonds. The van der Waals surface area contributed by atoms with Gasteiger partial charge in [-0.05, 0) is 18.1 Å². The van der Waals surface area contributed by atoms with Crippen LogP contribution in [0.4, 0.5) is 8.78 Å². The predicted molar refractivity (Wildman–Crippen MR) is 60.2 cm³/mol. The van der Waals surface area contributed by atoms with Crippen molar-refractivity contribution in [2.75, 3.05) is 0 Å². The largest absolute Gasteiger partial charge is 0.324 e. The summed E-state index contributed by atoms with van der Waals surface area (Å²) in [5.41, 5.74) is 7.17. The first-order valence-electron chi connectivity index (χ1n) is 5.24. The molecule has 0 saturated carbocycles. The van der Waals surface area contributed by atoms with Gasteiger partial charge in [-0.3, -0.25) is 4.68 Å². The molecule has 0 saturated heterocycles. The third-order valence-corrected chi connectivity index (χ3v) is 2.61. The van der Waals surface area contributed by atoms with Crippen LogP contribution in [0, 0.1) is 11.6 Å². The molecule has 1 aromatic heterocycles. The lowest BCUT2D eigenvalue weighted by Crippen LogP contribution is -2.13. The van der Waals surface area contributed by atoms with Crippen molar-refractivity contribution in [1.29, 1.82) is 0 Å². The third-order valence-electron chi connectivity index (χ3n) is 2.61. The number of rotatable bonds is 3. The first-order valence-corrected chi connectivity index (χ1v) is 5.24. The van der Waals surface area contributed by atoms with Crippen molar-refractivity contribution in [2.24, 2.45) is 12.8 Å². The molecular formula is C12H13F2N3. The fourth-order valence-electron chi connectivity index (χ4n) is 1.67. The highest BCUT2D eigenvalue weighted by molar-refractivity contribution is 5.22. The molecule has 1 atom stereocenters. The van der Waals surface area contributed by atoms with E-state index in [1.54, 1.807) is 24.1 Å². The van der Waals surface area contributed by atoms with E-state index in [0.717, 1.165) is 11.6 Å². The lowest BCUT2D eigenvalue weighted by Gasteiger charge is -2.10. The smallest absolute Gasteiger partial charge is 0.129 e. The van der Waals surface area contributed by atoms with Gasteiger partial charge in [0, 0.05) is 30.9 Å². The van der Waals surface area contributed by atoms with Crippen LogP contribution >= 0.6 is 0 Å². The van der Waals surface area contributed by atoms with Gasteiger partial charge in [-0.25, -0.2) is 8.78 Å². The molecular weight excluding hydrogens is 224 g/mol. The highest BCUT2D eigenvalue weighted by atomic mass is 19.1. The Kier molecular flexibility index (Phi) is 3.19. The average molecular weight is 237 g/mol. The van der Waals surface area contributed by atoms with E-state index in [4.69, 9.17) is 5.73 Å². The van der Waals surface area contributed by atoms with E-state index in [2.05, 4.69) is 5.10 Å². The highest BCUT2D eigenvalue weighted by Gasteiger charge is 2.12. The van der Waals surface area contributed by atoms with E-state index in [0.29, 0.717) is 12.0 Å². The van der Waals surface area contributed by atoms with Gasteiger partial charge < -0.3 is 5.73 Å². The maximum absolute atomic E-state index is 13.4. The molecule has 0 radical (unpaired) electrons. The van der Waals surface area contributed by atoms with Crippen LogP contribution in [-0.4, -0.2) is 9.78 Å². The molecule has 2 N–H and O–H groups in total. The van der Waals surface area contributed by atoms with E-state index < -0.39 is 11.6 Å². The summed E-state index contributed by atoms with van der Waals surface area (Å²) in [7, 11) is 1.79. The van der Waals surface area contributed by atoms with Crippen LogP contribution in [0.25, 0.3) is 0 Å². The molecule has 0 fully saturated rings. The summed E-state index contributed by atoms with van der Waals surface area (Å²) in [4.78, 5) is 0. The Bertz CT molecular complexity index is 522. The Morgan fingerprint density at radius 2 is 2.18 bits per heavy atom. The minimum atomic E-state index is -0.582. The van der Waals surface area contributed by atoms with Crippen molar-refractivity contribution in [3.63, 3.8) is 0 Å². The fourth-order valence-corrected chi connectivity index (χ4v) is 1.67. The van der Waals surface area contributed by atoms with Crippen LogP contribution in [0.1, 0.15) is 17.2 Å². The third kappa shape index (κ3) is 2.68. The van der Waals surface area contributed by atoms with Gasteiger partial charge in [0.1, 0.15) is 11.6 Å². The number of hydrogen-bond donors (Lipinski definition) is 1. The first-order chi connectivity index (χ1) is 8.06. The predicted octanol–water partition coefficient (Wildman–Crippen LogP) is 1.94. The number of nitrogens with two attached hydrogens (primary N) is 1. The summed E-state index contributed by atoms with van der Waals surface area (Å²) in [6.45, 7) is 0. The molecule has 0 aliphatic rings. The Balaban J connectivity index is 2.15. The maximum Gasteiger partial charge on any atom is 0.129 e. The number of nitrogens with zero attached hydrogens (tertiary/aromatic N) is 2. The van der Waals surface area contributed by atoms with Gasteiger partial charge in [-0.1, -0.05) is 6.07 Å². The topological polar surface area (TPSA) is 43.8 Å². The average Bonchev–Trinajstić information content (AvgIpc) is 2.69. The van der Waals surface area contributed by atoms with Gasteiger partial charge in [0.05, 0.1) is 6.20 Å². The molecule has 1 unspecified atom stereocenters. The van der Waals surface area contributed by atoms with E-state index in [1.807, 2.05) is 0 Å². The fraction of sp³-hybridized carbons (Fsp3) is 0.250. The molecule has 90 valence electrons. The van der Waals surface area contributed by atoms with Crippen molar-refractivity contribution in [1.82, 2.24) is 9.78 Å². The quantitative estimate of drug-likeness (QED) is 0.886.